The third-order valence-electron chi connectivity index (χ3n) is 7.79. The largest absolute Gasteiger partial charge is 0.507 e. The number of phenols is 2. The standard InChI is InChI=1S/C34H50N4O6/c1-5-9-12-20-26(32(42)36-38-34(44)30-24(17-11-7-3)19-14-22-28(30)40)25(15-8-4)31(41)35-37-33(43)29-23(16-10-6-2)18-13-21-27(29)39/h13-14,18-19,21-22,25-26,39-40H,5-12,15-17,20H2,1-4H3,(H,35,41)(H,36,42)(H,37,43)(H,38,44). The molecule has 0 radical (unpaired) electrons. The predicted octanol–water partition coefficient (Wildman–Crippen LogP) is 5.62. The van der Waals surface area contributed by atoms with Crippen molar-refractivity contribution in [3.8, 4) is 11.5 Å². The van der Waals surface area contributed by atoms with Gasteiger partial charge in [0, 0.05) is 0 Å². The zero-order chi connectivity index (χ0) is 32.5. The van der Waals surface area contributed by atoms with E-state index in [0.717, 1.165) is 38.5 Å². The Kier molecular flexibility index (Phi) is 15.8. The third kappa shape index (κ3) is 10.6. The Morgan fingerprint density at radius 3 is 1.41 bits per heavy atom. The molecular weight excluding hydrogens is 560 g/mol. The fourth-order valence-corrected chi connectivity index (χ4v) is 5.35. The molecule has 2 aromatic carbocycles. The molecule has 44 heavy (non-hydrogen) atoms. The Morgan fingerprint density at radius 2 is 1.00 bits per heavy atom. The van der Waals surface area contributed by atoms with Crippen LogP contribution in [0.4, 0.5) is 0 Å². The maximum absolute atomic E-state index is 13.5. The number of amides is 4. The number of carbonyl (C=O) groups excluding carboxylic acids is 4. The maximum Gasteiger partial charge on any atom is 0.273 e. The van der Waals surface area contributed by atoms with Crippen LogP contribution in [0.1, 0.15) is 124 Å². The molecule has 10 heteroatoms. The van der Waals surface area contributed by atoms with Crippen LogP contribution >= 0.6 is 0 Å². The summed E-state index contributed by atoms with van der Waals surface area (Å²) in [6, 6.07) is 9.76. The van der Waals surface area contributed by atoms with Crippen molar-refractivity contribution in [1.82, 2.24) is 21.7 Å². The summed E-state index contributed by atoms with van der Waals surface area (Å²) in [5.41, 5.74) is 11.4. The van der Waals surface area contributed by atoms with Gasteiger partial charge in [-0.05, 0) is 61.8 Å². The molecule has 0 fully saturated rings. The van der Waals surface area contributed by atoms with Gasteiger partial charge in [-0.15, -0.1) is 0 Å². The fraction of sp³-hybridized carbons (Fsp3) is 0.529. The topological polar surface area (TPSA) is 157 Å². The van der Waals surface area contributed by atoms with E-state index in [0.29, 0.717) is 49.7 Å². The van der Waals surface area contributed by atoms with Crippen LogP contribution in [-0.2, 0) is 22.4 Å². The average molecular weight is 611 g/mol. The van der Waals surface area contributed by atoms with Crippen LogP contribution in [0.25, 0.3) is 0 Å². The fourth-order valence-electron chi connectivity index (χ4n) is 5.35. The zero-order valence-corrected chi connectivity index (χ0v) is 26.6. The van der Waals surface area contributed by atoms with E-state index in [1.807, 2.05) is 27.7 Å². The smallest absolute Gasteiger partial charge is 0.273 e. The second kappa shape index (κ2) is 19.2. The number of benzene rings is 2. The highest BCUT2D eigenvalue weighted by Gasteiger charge is 2.34. The first kappa shape index (κ1) is 36.1. The lowest BCUT2D eigenvalue weighted by Crippen LogP contribution is -2.51. The van der Waals surface area contributed by atoms with Gasteiger partial charge in [0.1, 0.15) is 11.5 Å². The van der Waals surface area contributed by atoms with Gasteiger partial charge in [0.25, 0.3) is 11.8 Å². The van der Waals surface area contributed by atoms with Crippen molar-refractivity contribution in [2.45, 2.75) is 105 Å². The summed E-state index contributed by atoms with van der Waals surface area (Å²) in [6.07, 6.45) is 8.57. The molecule has 2 atom stereocenters. The lowest BCUT2D eigenvalue weighted by molar-refractivity contribution is -0.136. The van der Waals surface area contributed by atoms with Crippen molar-refractivity contribution in [3.05, 3.63) is 58.7 Å². The summed E-state index contributed by atoms with van der Waals surface area (Å²) >= 11 is 0. The van der Waals surface area contributed by atoms with Gasteiger partial charge >= 0.3 is 0 Å². The zero-order valence-electron chi connectivity index (χ0n) is 26.6. The first-order valence-corrected chi connectivity index (χ1v) is 16.0. The van der Waals surface area contributed by atoms with E-state index in [1.165, 1.54) is 12.1 Å². The number of hydrazine groups is 2. The molecule has 10 nitrogen and oxygen atoms in total. The van der Waals surface area contributed by atoms with Crippen molar-refractivity contribution in [3.63, 3.8) is 0 Å². The molecule has 6 N–H and O–H groups in total. The molecule has 242 valence electrons. The SMILES string of the molecule is CCCCCC(C(=O)NNC(=O)c1c(O)cccc1CCCC)C(CCC)C(=O)NNC(=O)c1c(O)cccc1CCCC. The van der Waals surface area contributed by atoms with Gasteiger partial charge in [-0.2, -0.15) is 0 Å². The predicted molar refractivity (Wildman–Crippen MR) is 171 cm³/mol. The monoisotopic (exact) mass is 610 g/mol. The number of aryl methyl sites for hydroxylation is 2. The highest BCUT2D eigenvalue weighted by atomic mass is 16.3. The number of hydrogen-bond donors (Lipinski definition) is 6. The number of hydrogen-bond acceptors (Lipinski definition) is 6. The minimum atomic E-state index is -0.789. The van der Waals surface area contributed by atoms with Crippen LogP contribution in [0.15, 0.2) is 36.4 Å². The summed E-state index contributed by atoms with van der Waals surface area (Å²) in [5.74, 6) is -4.26. The molecule has 2 aromatic rings. The van der Waals surface area contributed by atoms with Crippen molar-refractivity contribution < 1.29 is 29.4 Å². The molecular formula is C34H50N4O6. The van der Waals surface area contributed by atoms with Crippen LogP contribution in [0.2, 0.25) is 0 Å². The summed E-state index contributed by atoms with van der Waals surface area (Å²) < 4.78 is 0. The Hall–Kier alpha value is -4.08. The van der Waals surface area contributed by atoms with E-state index in [1.54, 1.807) is 24.3 Å². The highest BCUT2D eigenvalue weighted by Crippen LogP contribution is 2.26. The number of carbonyl (C=O) groups is 4. The summed E-state index contributed by atoms with van der Waals surface area (Å²) in [6.45, 7) is 8.01. The number of nitrogens with one attached hydrogen (secondary N) is 4. The Morgan fingerprint density at radius 1 is 0.568 bits per heavy atom. The van der Waals surface area contributed by atoms with E-state index in [4.69, 9.17) is 0 Å². The van der Waals surface area contributed by atoms with E-state index < -0.39 is 35.5 Å². The third-order valence-corrected chi connectivity index (χ3v) is 7.79. The van der Waals surface area contributed by atoms with Gasteiger partial charge in [-0.1, -0.05) is 90.5 Å². The maximum atomic E-state index is 13.5. The Labute approximate surface area is 261 Å². The van der Waals surface area contributed by atoms with Gasteiger partial charge in [-0.3, -0.25) is 40.9 Å². The number of phenolic OH excluding ortho intramolecular Hbond substituents is 2. The Balaban J connectivity index is 2.20. The molecule has 0 saturated heterocycles. The van der Waals surface area contributed by atoms with E-state index in [-0.39, 0.29) is 22.6 Å². The highest BCUT2D eigenvalue weighted by molar-refractivity contribution is 6.00. The number of rotatable bonds is 17. The van der Waals surface area contributed by atoms with Gasteiger partial charge in [0.2, 0.25) is 11.8 Å². The van der Waals surface area contributed by atoms with E-state index in [9.17, 15) is 29.4 Å². The first-order valence-electron chi connectivity index (χ1n) is 16.0. The van der Waals surface area contributed by atoms with Crippen LogP contribution in [-0.4, -0.2) is 33.8 Å². The van der Waals surface area contributed by atoms with Gasteiger partial charge in [0.05, 0.1) is 23.0 Å². The van der Waals surface area contributed by atoms with Crippen LogP contribution in [0.3, 0.4) is 0 Å². The van der Waals surface area contributed by atoms with Gasteiger partial charge < -0.3 is 10.2 Å². The second-order valence-electron chi connectivity index (χ2n) is 11.2. The van der Waals surface area contributed by atoms with Crippen molar-refractivity contribution in [2.24, 2.45) is 11.8 Å². The van der Waals surface area contributed by atoms with Crippen LogP contribution < -0.4 is 21.7 Å². The van der Waals surface area contributed by atoms with Crippen molar-refractivity contribution in [1.29, 1.82) is 0 Å². The molecule has 2 rings (SSSR count). The summed E-state index contributed by atoms with van der Waals surface area (Å²) in [7, 11) is 0. The van der Waals surface area contributed by atoms with E-state index >= 15 is 0 Å². The van der Waals surface area contributed by atoms with Crippen LogP contribution in [0, 0.1) is 11.8 Å². The molecule has 0 bridgehead atoms. The molecule has 0 aliphatic rings. The normalized spacial score (nSPS) is 12.2. The average Bonchev–Trinajstić information content (AvgIpc) is 3.01. The molecule has 0 heterocycles. The first-order chi connectivity index (χ1) is 21.2. The summed E-state index contributed by atoms with van der Waals surface area (Å²) in [4.78, 5) is 53.1. The van der Waals surface area contributed by atoms with Gasteiger partial charge in [-0.25, -0.2) is 0 Å². The molecule has 4 amide bonds. The molecule has 0 aliphatic heterocycles. The van der Waals surface area contributed by atoms with Crippen molar-refractivity contribution in [2.75, 3.05) is 0 Å². The minimum Gasteiger partial charge on any atom is -0.507 e. The van der Waals surface area contributed by atoms with E-state index in [2.05, 4.69) is 21.7 Å². The number of aromatic hydroxyl groups is 2. The molecule has 0 aromatic heterocycles. The van der Waals surface area contributed by atoms with Gasteiger partial charge in [0.15, 0.2) is 0 Å². The molecule has 0 saturated carbocycles. The molecule has 0 spiro atoms. The van der Waals surface area contributed by atoms with Crippen LogP contribution in [0.5, 0.6) is 11.5 Å². The Bertz CT molecular complexity index is 1250. The number of unbranched alkanes of at least 4 members (excludes halogenated alkanes) is 4. The second-order valence-corrected chi connectivity index (χ2v) is 11.2. The quantitative estimate of drug-likeness (QED) is 0.101. The molecule has 2 unspecified atom stereocenters. The lowest BCUT2D eigenvalue weighted by Gasteiger charge is -2.26. The minimum absolute atomic E-state index is 0.107. The lowest BCUT2D eigenvalue weighted by atomic mass is 9.83. The van der Waals surface area contributed by atoms with Crippen molar-refractivity contribution >= 4 is 23.6 Å². The summed E-state index contributed by atoms with van der Waals surface area (Å²) in [5, 5.41) is 20.8. The molecule has 0 aliphatic carbocycles.